The van der Waals surface area contributed by atoms with Gasteiger partial charge in [-0.3, -0.25) is 4.79 Å². The SMILES string of the molecule is C#CCC1CC(C#Cc2ccccc2)(OC(C)=O)CC2(C1)OCCO2. The largest absolute Gasteiger partial charge is 0.446 e. The number of esters is 1. The van der Waals surface area contributed by atoms with Crippen LogP contribution in [0.4, 0.5) is 0 Å². The van der Waals surface area contributed by atoms with Gasteiger partial charge in [-0.05, 0) is 24.0 Å². The zero-order valence-electron chi connectivity index (χ0n) is 14.4. The second-order valence-corrected chi connectivity index (χ2v) is 6.67. The van der Waals surface area contributed by atoms with Gasteiger partial charge in [-0.25, -0.2) is 0 Å². The number of terminal acetylenes is 1. The molecule has 130 valence electrons. The molecule has 0 radical (unpaired) electrons. The Kier molecular flexibility index (Phi) is 5.13. The predicted molar refractivity (Wildman–Crippen MR) is 93.2 cm³/mol. The van der Waals surface area contributed by atoms with Crippen LogP contribution in [0.3, 0.4) is 0 Å². The monoisotopic (exact) mass is 338 g/mol. The zero-order valence-corrected chi connectivity index (χ0v) is 14.4. The van der Waals surface area contributed by atoms with Crippen molar-refractivity contribution >= 4 is 5.97 Å². The highest BCUT2D eigenvalue weighted by Crippen LogP contribution is 2.46. The Balaban J connectivity index is 1.96. The number of ether oxygens (including phenoxy) is 3. The van der Waals surface area contributed by atoms with Gasteiger partial charge in [-0.15, -0.1) is 12.3 Å². The Labute approximate surface area is 148 Å². The molecule has 1 aromatic rings. The first-order valence-corrected chi connectivity index (χ1v) is 8.54. The van der Waals surface area contributed by atoms with Gasteiger partial charge >= 0.3 is 5.97 Å². The fraction of sp³-hybridized carbons (Fsp3) is 0.476. The first-order chi connectivity index (χ1) is 12.0. The zero-order chi connectivity index (χ0) is 17.8. The first-order valence-electron chi connectivity index (χ1n) is 8.54. The van der Waals surface area contributed by atoms with Crippen molar-refractivity contribution in [1.29, 1.82) is 0 Å². The Bertz CT molecular complexity index is 716. The minimum absolute atomic E-state index is 0.126. The summed E-state index contributed by atoms with van der Waals surface area (Å²) >= 11 is 0. The molecule has 3 rings (SSSR count). The summed E-state index contributed by atoms with van der Waals surface area (Å²) in [6.07, 6.45) is 7.79. The summed E-state index contributed by atoms with van der Waals surface area (Å²) in [6, 6.07) is 9.64. The van der Waals surface area contributed by atoms with Gasteiger partial charge in [-0.2, -0.15) is 0 Å². The van der Waals surface area contributed by atoms with E-state index in [1.54, 1.807) is 0 Å². The summed E-state index contributed by atoms with van der Waals surface area (Å²) in [6.45, 7) is 2.47. The fourth-order valence-corrected chi connectivity index (χ4v) is 3.77. The maximum Gasteiger partial charge on any atom is 0.304 e. The molecule has 4 heteroatoms. The van der Waals surface area contributed by atoms with Crippen molar-refractivity contribution < 1.29 is 19.0 Å². The topological polar surface area (TPSA) is 44.8 Å². The molecule has 1 saturated carbocycles. The van der Waals surface area contributed by atoms with Gasteiger partial charge in [0.1, 0.15) is 0 Å². The lowest BCUT2D eigenvalue weighted by Crippen LogP contribution is -2.51. The van der Waals surface area contributed by atoms with E-state index in [2.05, 4.69) is 17.8 Å². The first kappa shape index (κ1) is 17.5. The molecule has 2 atom stereocenters. The third kappa shape index (κ3) is 4.23. The summed E-state index contributed by atoms with van der Waals surface area (Å²) in [7, 11) is 0. The Morgan fingerprint density at radius 1 is 1.28 bits per heavy atom. The highest BCUT2D eigenvalue weighted by molar-refractivity contribution is 5.67. The van der Waals surface area contributed by atoms with Crippen molar-refractivity contribution in [2.75, 3.05) is 13.2 Å². The minimum atomic E-state index is -0.953. The van der Waals surface area contributed by atoms with Crippen LogP contribution in [-0.4, -0.2) is 30.6 Å². The van der Waals surface area contributed by atoms with Gasteiger partial charge in [0, 0.05) is 31.7 Å². The molecule has 0 amide bonds. The van der Waals surface area contributed by atoms with Gasteiger partial charge in [0.25, 0.3) is 0 Å². The van der Waals surface area contributed by atoms with Crippen LogP contribution in [0.15, 0.2) is 30.3 Å². The maximum absolute atomic E-state index is 11.8. The third-order valence-electron chi connectivity index (χ3n) is 4.54. The third-order valence-corrected chi connectivity index (χ3v) is 4.54. The molecule has 0 N–H and O–H groups in total. The highest BCUT2D eigenvalue weighted by atomic mass is 16.7. The van der Waals surface area contributed by atoms with Crippen molar-refractivity contribution in [2.45, 2.75) is 44.0 Å². The lowest BCUT2D eigenvalue weighted by Gasteiger charge is -2.44. The molecule has 4 nitrogen and oxygen atoms in total. The fourth-order valence-electron chi connectivity index (χ4n) is 3.77. The van der Waals surface area contributed by atoms with Crippen LogP contribution in [0, 0.1) is 30.1 Å². The van der Waals surface area contributed by atoms with Crippen LogP contribution >= 0.6 is 0 Å². The van der Waals surface area contributed by atoms with E-state index >= 15 is 0 Å². The molecule has 1 heterocycles. The number of hydrogen-bond acceptors (Lipinski definition) is 4. The normalized spacial score (nSPS) is 27.1. The second-order valence-electron chi connectivity index (χ2n) is 6.67. The number of hydrogen-bond donors (Lipinski definition) is 0. The Hall–Kier alpha value is -2.27. The molecule has 2 fully saturated rings. The van der Waals surface area contributed by atoms with Crippen LogP contribution in [-0.2, 0) is 19.0 Å². The van der Waals surface area contributed by atoms with Crippen LogP contribution in [0.2, 0.25) is 0 Å². The molecule has 1 aromatic carbocycles. The van der Waals surface area contributed by atoms with Gasteiger partial charge in [0.15, 0.2) is 11.4 Å². The van der Waals surface area contributed by atoms with E-state index in [0.29, 0.717) is 38.9 Å². The number of carbonyl (C=O) groups excluding carboxylic acids is 1. The van der Waals surface area contributed by atoms with E-state index in [0.717, 1.165) is 5.56 Å². The summed E-state index contributed by atoms with van der Waals surface area (Å²) < 4.78 is 17.5. The molecule has 1 spiro atoms. The molecular formula is C21H22O4. The van der Waals surface area contributed by atoms with Crippen molar-refractivity contribution in [3.8, 4) is 24.2 Å². The highest BCUT2D eigenvalue weighted by Gasteiger charge is 2.53. The lowest BCUT2D eigenvalue weighted by atomic mass is 9.73. The second kappa shape index (κ2) is 7.31. The molecule has 2 unspecified atom stereocenters. The Morgan fingerprint density at radius 3 is 2.64 bits per heavy atom. The predicted octanol–water partition coefficient (Wildman–Crippen LogP) is 2.91. The average Bonchev–Trinajstić information content (AvgIpc) is 3.00. The van der Waals surface area contributed by atoms with Crippen LogP contribution in [0.25, 0.3) is 0 Å². The minimum Gasteiger partial charge on any atom is -0.446 e. The van der Waals surface area contributed by atoms with Crippen molar-refractivity contribution in [1.82, 2.24) is 0 Å². The van der Waals surface area contributed by atoms with Gasteiger partial charge < -0.3 is 14.2 Å². The van der Waals surface area contributed by atoms with Crippen LogP contribution < -0.4 is 0 Å². The smallest absolute Gasteiger partial charge is 0.304 e. The lowest BCUT2D eigenvalue weighted by molar-refractivity contribution is -0.225. The summed E-state index contributed by atoms with van der Waals surface area (Å²) in [5.74, 6) is 8.05. The van der Waals surface area contributed by atoms with Crippen molar-refractivity contribution in [3.05, 3.63) is 35.9 Å². The molecule has 1 saturated heterocycles. The molecule has 0 aromatic heterocycles. The molecule has 1 aliphatic carbocycles. The van der Waals surface area contributed by atoms with Gasteiger partial charge in [0.2, 0.25) is 0 Å². The van der Waals surface area contributed by atoms with E-state index in [4.69, 9.17) is 20.6 Å². The van der Waals surface area contributed by atoms with E-state index in [1.807, 2.05) is 30.3 Å². The van der Waals surface area contributed by atoms with Crippen LogP contribution in [0.1, 0.15) is 38.2 Å². The van der Waals surface area contributed by atoms with Crippen molar-refractivity contribution in [3.63, 3.8) is 0 Å². The van der Waals surface area contributed by atoms with Gasteiger partial charge in [-0.1, -0.05) is 24.1 Å². The van der Waals surface area contributed by atoms with Crippen LogP contribution in [0.5, 0.6) is 0 Å². The maximum atomic E-state index is 11.8. The molecule has 25 heavy (non-hydrogen) atoms. The Morgan fingerprint density at radius 2 is 2.00 bits per heavy atom. The average molecular weight is 338 g/mol. The van der Waals surface area contributed by atoms with E-state index in [-0.39, 0.29) is 11.9 Å². The molecular weight excluding hydrogens is 316 g/mol. The standard InChI is InChI=1S/C21H22O4/c1-3-7-19-14-20(25-17(2)22,11-10-18-8-5-4-6-9-18)16-21(15-19)23-12-13-24-21/h1,4-6,8-9,19H,7,12-16H2,2H3. The summed E-state index contributed by atoms with van der Waals surface area (Å²) in [5, 5.41) is 0. The summed E-state index contributed by atoms with van der Waals surface area (Å²) in [4.78, 5) is 11.8. The quantitative estimate of drug-likeness (QED) is 0.614. The molecule has 0 bridgehead atoms. The van der Waals surface area contributed by atoms with Crippen molar-refractivity contribution in [2.24, 2.45) is 5.92 Å². The number of rotatable bonds is 2. The summed E-state index contributed by atoms with van der Waals surface area (Å²) in [5.41, 5.74) is -0.0818. The van der Waals surface area contributed by atoms with Gasteiger partial charge in [0.05, 0.1) is 19.6 Å². The molecule has 2 aliphatic rings. The number of carbonyl (C=O) groups is 1. The van der Waals surface area contributed by atoms with E-state index in [9.17, 15) is 4.79 Å². The van der Waals surface area contributed by atoms with E-state index < -0.39 is 11.4 Å². The number of benzene rings is 1. The van der Waals surface area contributed by atoms with E-state index in [1.165, 1.54) is 6.92 Å². The molecule has 1 aliphatic heterocycles.